The van der Waals surface area contributed by atoms with E-state index in [1.807, 2.05) is 18.2 Å². The monoisotopic (exact) mass is 455 g/mol. The minimum Gasteiger partial charge on any atom is -0.380 e. The Bertz CT molecular complexity index is 1220. The second kappa shape index (κ2) is 8.38. The van der Waals surface area contributed by atoms with Crippen LogP contribution in [0.3, 0.4) is 0 Å². The fourth-order valence-electron chi connectivity index (χ4n) is 4.49. The Kier molecular flexibility index (Phi) is 5.56. The van der Waals surface area contributed by atoms with Crippen LogP contribution < -0.4 is 9.80 Å². The lowest BCUT2D eigenvalue weighted by Gasteiger charge is -2.33. The van der Waals surface area contributed by atoms with E-state index < -0.39 is 10.0 Å². The molecule has 2 aromatic heterocycles. The van der Waals surface area contributed by atoms with Crippen molar-refractivity contribution in [3.05, 3.63) is 48.7 Å². The van der Waals surface area contributed by atoms with E-state index in [2.05, 4.69) is 21.7 Å². The first-order valence-electron chi connectivity index (χ1n) is 11.0. The lowest BCUT2D eigenvalue weighted by Crippen LogP contribution is -2.44. The minimum absolute atomic E-state index is 0.181. The van der Waals surface area contributed by atoms with Crippen LogP contribution in [0.1, 0.15) is 6.42 Å². The van der Waals surface area contributed by atoms with Gasteiger partial charge in [0.25, 0.3) is 10.0 Å². The smallest absolute Gasteiger partial charge is 0.269 e. The summed E-state index contributed by atoms with van der Waals surface area (Å²) in [5.74, 6) is 0.817. The molecule has 0 N–H and O–H groups in total. The maximum Gasteiger partial charge on any atom is 0.269 e. The van der Waals surface area contributed by atoms with Gasteiger partial charge in [0.1, 0.15) is 5.82 Å². The van der Waals surface area contributed by atoms with E-state index in [1.165, 1.54) is 3.97 Å². The van der Waals surface area contributed by atoms with Gasteiger partial charge in [-0.2, -0.15) is 0 Å². The lowest BCUT2D eigenvalue weighted by molar-refractivity contribution is 0.121. The van der Waals surface area contributed by atoms with Gasteiger partial charge in [0.2, 0.25) is 0 Å². The first kappa shape index (κ1) is 21.2. The van der Waals surface area contributed by atoms with E-state index in [9.17, 15) is 8.42 Å². The molecular weight excluding hydrogens is 426 g/mol. The Morgan fingerprint density at radius 3 is 2.56 bits per heavy atom. The first-order chi connectivity index (χ1) is 15.5. The summed E-state index contributed by atoms with van der Waals surface area (Å²) in [5, 5.41) is 0.810. The highest BCUT2D eigenvalue weighted by Crippen LogP contribution is 2.28. The van der Waals surface area contributed by atoms with Gasteiger partial charge < -0.3 is 19.4 Å². The Labute approximate surface area is 189 Å². The number of piperazine rings is 1. The average Bonchev–Trinajstić information content (AvgIpc) is 3.47. The van der Waals surface area contributed by atoms with Crippen molar-refractivity contribution < 1.29 is 13.2 Å². The third-order valence-electron chi connectivity index (χ3n) is 6.53. The maximum absolute atomic E-state index is 13.6. The van der Waals surface area contributed by atoms with Crippen molar-refractivity contribution in [2.24, 2.45) is 0 Å². The first-order valence-corrected chi connectivity index (χ1v) is 12.4. The molecule has 32 heavy (non-hydrogen) atoms. The standard InChI is InChI=1S/C23H29N5O3S/c1-25-12-14-26(15-13-25)22-7-6-18-8-11-28(23(18)24-22)32(29,30)21-5-3-4-19(16-21)27-10-9-20(17-27)31-2/h3-8,11,16,20H,9-10,12-15,17H2,1-2H3. The number of nitrogens with zero attached hydrogens (tertiary/aromatic N) is 5. The number of hydrogen-bond acceptors (Lipinski definition) is 7. The molecule has 0 saturated carbocycles. The molecule has 0 bridgehead atoms. The van der Waals surface area contributed by atoms with Crippen LogP contribution in [-0.2, 0) is 14.8 Å². The molecule has 9 heteroatoms. The second-order valence-corrected chi connectivity index (χ2v) is 10.4. The van der Waals surface area contributed by atoms with Crippen molar-refractivity contribution in [1.29, 1.82) is 0 Å². The lowest BCUT2D eigenvalue weighted by atomic mass is 10.3. The summed E-state index contributed by atoms with van der Waals surface area (Å²) >= 11 is 0. The van der Waals surface area contributed by atoms with Crippen molar-refractivity contribution in [2.45, 2.75) is 17.4 Å². The van der Waals surface area contributed by atoms with Crippen molar-refractivity contribution >= 4 is 32.6 Å². The molecule has 1 unspecified atom stereocenters. The highest BCUT2D eigenvalue weighted by Gasteiger charge is 2.25. The van der Waals surface area contributed by atoms with Gasteiger partial charge in [0.05, 0.1) is 11.0 Å². The molecule has 0 radical (unpaired) electrons. The number of rotatable bonds is 5. The molecule has 1 aromatic carbocycles. The van der Waals surface area contributed by atoms with Gasteiger partial charge in [-0.15, -0.1) is 0 Å². The van der Waals surface area contributed by atoms with Gasteiger partial charge in [-0.3, -0.25) is 0 Å². The Balaban J connectivity index is 1.48. The summed E-state index contributed by atoms with van der Waals surface area (Å²) in [6.07, 6.45) is 2.72. The largest absolute Gasteiger partial charge is 0.380 e. The minimum atomic E-state index is -3.78. The summed E-state index contributed by atoms with van der Waals surface area (Å²) < 4.78 is 33.9. The topological polar surface area (TPSA) is 70.9 Å². The third-order valence-corrected chi connectivity index (χ3v) is 8.20. The molecule has 8 nitrogen and oxygen atoms in total. The summed E-state index contributed by atoms with van der Waals surface area (Å²) in [7, 11) is 0.0462. The predicted molar refractivity (Wildman–Crippen MR) is 126 cm³/mol. The number of ether oxygens (including phenoxy) is 1. The van der Waals surface area contributed by atoms with E-state index in [4.69, 9.17) is 9.72 Å². The van der Waals surface area contributed by atoms with E-state index in [0.29, 0.717) is 5.65 Å². The number of methoxy groups -OCH3 is 1. The number of likely N-dealkylation sites (N-methyl/N-ethyl adjacent to an activating group) is 1. The van der Waals surface area contributed by atoms with Gasteiger partial charge in [-0.25, -0.2) is 17.4 Å². The number of benzene rings is 1. The summed E-state index contributed by atoms with van der Waals surface area (Å²) in [6, 6.07) is 12.9. The number of anilines is 2. The zero-order valence-corrected chi connectivity index (χ0v) is 19.3. The molecular formula is C23H29N5O3S. The summed E-state index contributed by atoms with van der Waals surface area (Å²) in [6.45, 7) is 5.30. The zero-order valence-electron chi connectivity index (χ0n) is 18.5. The molecule has 170 valence electrons. The zero-order chi connectivity index (χ0) is 22.3. The maximum atomic E-state index is 13.6. The molecule has 1 atom stereocenters. The van der Waals surface area contributed by atoms with Crippen LogP contribution in [0.15, 0.2) is 53.6 Å². The molecule has 0 amide bonds. The van der Waals surface area contributed by atoms with Crippen molar-refractivity contribution in [3.63, 3.8) is 0 Å². The van der Waals surface area contributed by atoms with E-state index in [-0.39, 0.29) is 11.0 Å². The normalized spacial score (nSPS) is 20.4. The van der Waals surface area contributed by atoms with Crippen molar-refractivity contribution in [2.75, 3.05) is 63.2 Å². The highest BCUT2D eigenvalue weighted by molar-refractivity contribution is 7.90. The predicted octanol–water partition coefficient (Wildman–Crippen LogP) is 2.25. The molecule has 2 aliphatic heterocycles. The molecule has 3 aromatic rings. The van der Waals surface area contributed by atoms with Gasteiger partial charge in [0.15, 0.2) is 5.65 Å². The van der Waals surface area contributed by atoms with Gasteiger partial charge in [-0.05, 0) is 49.9 Å². The molecule has 2 aliphatic rings. The molecule has 5 rings (SSSR count). The Hall–Kier alpha value is -2.62. The summed E-state index contributed by atoms with van der Waals surface area (Å²) in [4.78, 5) is 11.7. The number of fused-ring (bicyclic) bond motifs is 1. The molecule has 4 heterocycles. The van der Waals surface area contributed by atoms with Crippen LogP contribution in [0, 0.1) is 0 Å². The van der Waals surface area contributed by atoms with Crippen LogP contribution in [0.2, 0.25) is 0 Å². The Morgan fingerprint density at radius 2 is 1.81 bits per heavy atom. The number of hydrogen-bond donors (Lipinski definition) is 0. The fraction of sp³-hybridized carbons (Fsp3) is 0.435. The van der Waals surface area contributed by atoms with Crippen molar-refractivity contribution in [1.82, 2.24) is 13.9 Å². The van der Waals surface area contributed by atoms with Crippen LogP contribution in [-0.4, -0.2) is 81.8 Å². The quantitative estimate of drug-likeness (QED) is 0.584. The fourth-order valence-corrected chi connectivity index (χ4v) is 5.83. The Morgan fingerprint density at radius 1 is 1.00 bits per heavy atom. The van der Waals surface area contributed by atoms with Crippen LogP contribution in [0.5, 0.6) is 0 Å². The van der Waals surface area contributed by atoms with Crippen LogP contribution >= 0.6 is 0 Å². The number of pyridine rings is 1. The molecule has 0 aliphatic carbocycles. The third kappa shape index (κ3) is 3.85. The molecule has 0 spiro atoms. The molecule has 2 saturated heterocycles. The average molecular weight is 456 g/mol. The van der Waals surface area contributed by atoms with Gasteiger partial charge >= 0.3 is 0 Å². The van der Waals surface area contributed by atoms with Crippen LogP contribution in [0.25, 0.3) is 11.0 Å². The second-order valence-electron chi connectivity index (χ2n) is 8.58. The van der Waals surface area contributed by atoms with E-state index in [0.717, 1.165) is 62.6 Å². The highest BCUT2D eigenvalue weighted by atomic mass is 32.2. The van der Waals surface area contributed by atoms with Gasteiger partial charge in [0, 0.05) is 63.6 Å². The van der Waals surface area contributed by atoms with E-state index >= 15 is 0 Å². The number of aromatic nitrogens is 2. The van der Waals surface area contributed by atoms with Gasteiger partial charge in [-0.1, -0.05) is 6.07 Å². The van der Waals surface area contributed by atoms with Crippen LogP contribution in [0.4, 0.5) is 11.5 Å². The van der Waals surface area contributed by atoms with Crippen molar-refractivity contribution in [3.8, 4) is 0 Å². The summed E-state index contributed by atoms with van der Waals surface area (Å²) in [5.41, 5.74) is 1.36. The van der Waals surface area contributed by atoms with E-state index in [1.54, 1.807) is 37.6 Å². The molecule has 2 fully saturated rings. The SMILES string of the molecule is COC1CCN(c2cccc(S(=O)(=O)n3ccc4ccc(N5CCN(C)CC5)nc43)c2)C1.